The molecule has 0 saturated heterocycles. The smallest absolute Gasteiger partial charge is 0.00697 e. The molecule has 0 aliphatic heterocycles. The van der Waals surface area contributed by atoms with Crippen molar-refractivity contribution in [2.24, 2.45) is 11.3 Å². The molecule has 0 bridgehead atoms. The molecule has 0 radical (unpaired) electrons. The third kappa shape index (κ3) is 5.65. The molecule has 0 spiro atoms. The van der Waals surface area contributed by atoms with Crippen molar-refractivity contribution >= 4 is 11.8 Å². The summed E-state index contributed by atoms with van der Waals surface area (Å²) in [6.07, 6.45) is 9.09. The van der Waals surface area contributed by atoms with E-state index in [1.807, 2.05) is 11.8 Å². The maximum Gasteiger partial charge on any atom is 0.00697 e. The molecule has 102 valence electrons. The summed E-state index contributed by atoms with van der Waals surface area (Å²) in [5, 5.41) is 3.81. The summed E-state index contributed by atoms with van der Waals surface area (Å²) in [6, 6.07) is 1.48. The molecule has 0 aromatic heterocycles. The zero-order chi connectivity index (χ0) is 12.9. The lowest BCUT2D eigenvalue weighted by atomic mass is 9.71. The minimum atomic E-state index is 0.509. The van der Waals surface area contributed by atoms with Gasteiger partial charge in [-0.3, -0.25) is 0 Å². The minimum absolute atomic E-state index is 0.509. The van der Waals surface area contributed by atoms with Crippen LogP contribution >= 0.6 is 11.8 Å². The third-order valence-electron chi connectivity index (χ3n) is 4.23. The van der Waals surface area contributed by atoms with Gasteiger partial charge in [0.25, 0.3) is 0 Å². The molecular weight excluding hydrogens is 226 g/mol. The Morgan fingerprint density at radius 3 is 2.24 bits per heavy atom. The van der Waals surface area contributed by atoms with E-state index in [0.29, 0.717) is 11.5 Å². The molecule has 1 nitrogen and oxygen atoms in total. The predicted molar refractivity (Wildman–Crippen MR) is 80.8 cm³/mol. The maximum atomic E-state index is 3.81. The molecule has 1 rings (SSSR count). The van der Waals surface area contributed by atoms with Gasteiger partial charge in [0.2, 0.25) is 0 Å². The van der Waals surface area contributed by atoms with Crippen molar-refractivity contribution < 1.29 is 0 Å². The molecule has 1 N–H and O–H groups in total. The van der Waals surface area contributed by atoms with E-state index >= 15 is 0 Å². The van der Waals surface area contributed by atoms with Gasteiger partial charge in [0.1, 0.15) is 0 Å². The Morgan fingerprint density at radius 1 is 1.18 bits per heavy atom. The lowest BCUT2D eigenvalue weighted by molar-refractivity contribution is 0.156. The third-order valence-corrected chi connectivity index (χ3v) is 4.87. The van der Waals surface area contributed by atoms with E-state index in [4.69, 9.17) is 0 Å². The van der Waals surface area contributed by atoms with Crippen molar-refractivity contribution in [2.75, 3.05) is 12.0 Å². The van der Waals surface area contributed by atoms with Gasteiger partial charge >= 0.3 is 0 Å². The van der Waals surface area contributed by atoms with Crippen LogP contribution in [0.25, 0.3) is 0 Å². The Balaban J connectivity index is 2.23. The highest BCUT2D eigenvalue weighted by Crippen LogP contribution is 2.37. The van der Waals surface area contributed by atoms with E-state index in [1.54, 1.807) is 0 Å². The fourth-order valence-corrected chi connectivity index (χ4v) is 3.50. The van der Waals surface area contributed by atoms with E-state index in [2.05, 4.69) is 39.3 Å². The molecule has 1 unspecified atom stereocenters. The fraction of sp³-hybridized carbons (Fsp3) is 1.00. The zero-order valence-electron chi connectivity index (χ0n) is 12.4. The highest BCUT2D eigenvalue weighted by molar-refractivity contribution is 7.98. The highest BCUT2D eigenvalue weighted by atomic mass is 32.2. The Morgan fingerprint density at radius 2 is 1.76 bits per heavy atom. The molecular formula is C15H31NS. The maximum absolute atomic E-state index is 3.81. The number of thioether (sulfide) groups is 1. The monoisotopic (exact) mass is 257 g/mol. The Labute approximate surface area is 113 Å². The Hall–Kier alpha value is 0.310. The van der Waals surface area contributed by atoms with Crippen LogP contribution in [0.15, 0.2) is 0 Å². The number of hydrogen-bond donors (Lipinski definition) is 1. The van der Waals surface area contributed by atoms with Gasteiger partial charge in [-0.15, -0.1) is 0 Å². The minimum Gasteiger partial charge on any atom is -0.311 e. The van der Waals surface area contributed by atoms with Gasteiger partial charge in [0.05, 0.1) is 0 Å². The largest absolute Gasteiger partial charge is 0.311 e. The van der Waals surface area contributed by atoms with E-state index in [1.165, 1.54) is 37.9 Å². The second kappa shape index (κ2) is 7.04. The van der Waals surface area contributed by atoms with Crippen LogP contribution in [0.3, 0.4) is 0 Å². The topological polar surface area (TPSA) is 12.0 Å². The fourth-order valence-electron chi connectivity index (χ4n) is 2.91. The molecule has 17 heavy (non-hydrogen) atoms. The molecule has 1 saturated carbocycles. The summed E-state index contributed by atoms with van der Waals surface area (Å²) in [7, 11) is 0. The first-order valence-corrected chi connectivity index (χ1v) is 8.58. The van der Waals surface area contributed by atoms with Crippen molar-refractivity contribution in [3.63, 3.8) is 0 Å². The van der Waals surface area contributed by atoms with Crippen molar-refractivity contribution in [3.8, 4) is 0 Å². The van der Waals surface area contributed by atoms with Crippen molar-refractivity contribution in [1.82, 2.24) is 5.32 Å². The van der Waals surface area contributed by atoms with Gasteiger partial charge in [-0.2, -0.15) is 11.8 Å². The van der Waals surface area contributed by atoms with Crippen LogP contribution in [0.4, 0.5) is 0 Å². The summed E-state index contributed by atoms with van der Waals surface area (Å²) in [5.41, 5.74) is 0.509. The van der Waals surface area contributed by atoms with Crippen LogP contribution in [0.1, 0.15) is 59.8 Å². The summed E-state index contributed by atoms with van der Waals surface area (Å²) in [6.45, 7) is 9.53. The van der Waals surface area contributed by atoms with E-state index < -0.39 is 0 Å². The van der Waals surface area contributed by atoms with Gasteiger partial charge in [0, 0.05) is 12.1 Å². The first-order chi connectivity index (χ1) is 7.93. The van der Waals surface area contributed by atoms with E-state index in [0.717, 1.165) is 12.0 Å². The average Bonchev–Trinajstić information content (AvgIpc) is 2.26. The second-order valence-electron chi connectivity index (χ2n) is 6.76. The van der Waals surface area contributed by atoms with Crippen molar-refractivity contribution in [3.05, 3.63) is 0 Å². The predicted octanol–water partition coefficient (Wildman–Crippen LogP) is 4.32. The molecule has 1 aliphatic carbocycles. The van der Waals surface area contributed by atoms with Crippen LogP contribution in [-0.4, -0.2) is 24.1 Å². The van der Waals surface area contributed by atoms with Crippen LogP contribution < -0.4 is 5.32 Å². The molecule has 0 aromatic carbocycles. The second-order valence-corrected chi connectivity index (χ2v) is 7.75. The molecule has 1 fully saturated rings. The molecule has 1 aliphatic rings. The SMILES string of the molecule is CSCCC(C)NC1CCC(C(C)(C)C)CC1. The van der Waals surface area contributed by atoms with Crippen molar-refractivity contribution in [1.29, 1.82) is 0 Å². The number of hydrogen-bond acceptors (Lipinski definition) is 2. The van der Waals surface area contributed by atoms with Crippen LogP contribution in [0.5, 0.6) is 0 Å². The zero-order valence-corrected chi connectivity index (χ0v) is 13.2. The molecule has 0 aromatic rings. The quantitative estimate of drug-likeness (QED) is 0.787. The first-order valence-electron chi connectivity index (χ1n) is 7.18. The number of nitrogens with one attached hydrogen (secondary N) is 1. The normalized spacial score (nSPS) is 28.1. The Kier molecular flexibility index (Phi) is 6.36. The highest BCUT2D eigenvalue weighted by Gasteiger charge is 2.29. The van der Waals surface area contributed by atoms with Crippen LogP contribution in [0.2, 0.25) is 0 Å². The van der Waals surface area contributed by atoms with Gasteiger partial charge in [-0.1, -0.05) is 20.8 Å². The summed E-state index contributed by atoms with van der Waals surface area (Å²) >= 11 is 1.96. The lowest BCUT2D eigenvalue weighted by Gasteiger charge is -2.38. The Bertz CT molecular complexity index is 201. The van der Waals surface area contributed by atoms with Gasteiger partial charge < -0.3 is 5.32 Å². The van der Waals surface area contributed by atoms with Crippen LogP contribution in [0, 0.1) is 11.3 Å². The molecule has 0 amide bonds. The summed E-state index contributed by atoms with van der Waals surface area (Å²) in [4.78, 5) is 0. The standard InChI is InChI=1S/C15H31NS/c1-12(10-11-17-5)16-14-8-6-13(7-9-14)15(2,3)4/h12-14,16H,6-11H2,1-5H3. The first kappa shape index (κ1) is 15.4. The van der Waals surface area contributed by atoms with Gasteiger partial charge in [-0.05, 0) is 62.4 Å². The van der Waals surface area contributed by atoms with E-state index in [-0.39, 0.29) is 0 Å². The summed E-state index contributed by atoms with van der Waals surface area (Å²) < 4.78 is 0. The van der Waals surface area contributed by atoms with Gasteiger partial charge in [0.15, 0.2) is 0 Å². The van der Waals surface area contributed by atoms with Crippen molar-refractivity contribution in [2.45, 2.75) is 71.9 Å². The van der Waals surface area contributed by atoms with E-state index in [9.17, 15) is 0 Å². The number of rotatable bonds is 5. The van der Waals surface area contributed by atoms with Crippen LogP contribution in [-0.2, 0) is 0 Å². The van der Waals surface area contributed by atoms with Gasteiger partial charge in [-0.25, -0.2) is 0 Å². The molecule has 0 heterocycles. The average molecular weight is 257 g/mol. The molecule has 1 atom stereocenters. The lowest BCUT2D eigenvalue weighted by Crippen LogP contribution is -2.40. The molecule has 2 heteroatoms. The summed E-state index contributed by atoms with van der Waals surface area (Å²) in [5.74, 6) is 2.22.